The number of carboxylic acid groups (broad SMARTS) is 1. The molecule has 0 unspecified atom stereocenters. The predicted molar refractivity (Wildman–Crippen MR) is 125 cm³/mol. The highest BCUT2D eigenvalue weighted by molar-refractivity contribution is 8.18. The number of aliphatic imine (C=N–C) groups is 1. The summed E-state index contributed by atoms with van der Waals surface area (Å²) in [6.07, 6.45) is 1.90. The summed E-state index contributed by atoms with van der Waals surface area (Å²) < 4.78 is 5.52. The summed E-state index contributed by atoms with van der Waals surface area (Å²) in [6, 6.07) is 10.4. The minimum Gasteiger partial charge on any atom is -0.496 e. The van der Waals surface area contributed by atoms with Gasteiger partial charge in [-0.25, -0.2) is 9.79 Å². The van der Waals surface area contributed by atoms with Gasteiger partial charge in [-0.05, 0) is 84.6 Å². The molecule has 1 amide bonds. The fourth-order valence-electron chi connectivity index (χ4n) is 3.33. The molecule has 162 valence electrons. The number of benzene rings is 2. The van der Waals surface area contributed by atoms with Gasteiger partial charge in [-0.3, -0.25) is 9.69 Å². The van der Waals surface area contributed by atoms with E-state index >= 15 is 0 Å². The molecule has 7 heteroatoms. The molecule has 1 fully saturated rings. The number of thioether (sulfide) groups is 1. The first-order valence-electron chi connectivity index (χ1n) is 10.1. The largest absolute Gasteiger partial charge is 0.496 e. The number of aryl methyl sites for hydroxylation is 1. The zero-order valence-electron chi connectivity index (χ0n) is 18.3. The maximum absolute atomic E-state index is 13.0. The van der Waals surface area contributed by atoms with Crippen LogP contribution in [0.5, 0.6) is 5.75 Å². The molecule has 0 atom stereocenters. The maximum atomic E-state index is 13.0. The van der Waals surface area contributed by atoms with Crippen LogP contribution in [0.1, 0.15) is 53.7 Å². The Hall–Kier alpha value is -3.06. The lowest BCUT2D eigenvalue weighted by atomic mass is 9.96. The normalized spacial score (nSPS) is 16.6. The molecule has 0 saturated carbocycles. The standard InChI is InChI=1S/C24H26N2O4S/c1-6-26-22(27)21(13-17-12-19(14(2)3)20(30-5)10-15(17)4)31-24(26)25-18-9-7-8-16(11-18)23(28)29/h7-14H,6H2,1-5H3,(H,28,29)/b21-13-,25-24?. The number of hydrogen-bond donors (Lipinski definition) is 1. The van der Waals surface area contributed by atoms with Gasteiger partial charge < -0.3 is 9.84 Å². The van der Waals surface area contributed by atoms with Gasteiger partial charge in [0.15, 0.2) is 5.17 Å². The summed E-state index contributed by atoms with van der Waals surface area (Å²) in [7, 11) is 1.66. The van der Waals surface area contributed by atoms with E-state index in [-0.39, 0.29) is 17.4 Å². The van der Waals surface area contributed by atoms with E-state index in [1.807, 2.05) is 26.0 Å². The Labute approximate surface area is 186 Å². The third-order valence-corrected chi connectivity index (χ3v) is 6.06. The molecule has 0 bridgehead atoms. The van der Waals surface area contributed by atoms with E-state index in [0.29, 0.717) is 22.3 Å². The van der Waals surface area contributed by atoms with Crippen LogP contribution in [-0.2, 0) is 4.79 Å². The van der Waals surface area contributed by atoms with Crippen LogP contribution in [-0.4, -0.2) is 40.7 Å². The highest BCUT2D eigenvalue weighted by atomic mass is 32.2. The van der Waals surface area contributed by atoms with E-state index in [4.69, 9.17) is 4.74 Å². The maximum Gasteiger partial charge on any atom is 0.335 e. The first kappa shape index (κ1) is 22.6. The number of amides is 1. The quantitative estimate of drug-likeness (QED) is 0.607. The van der Waals surface area contributed by atoms with Crippen LogP contribution in [0.4, 0.5) is 5.69 Å². The molecule has 1 aliphatic rings. The molecule has 1 N–H and O–H groups in total. The zero-order chi connectivity index (χ0) is 22.7. The average molecular weight is 439 g/mol. The van der Waals surface area contributed by atoms with Crippen molar-refractivity contribution in [1.82, 2.24) is 4.90 Å². The van der Waals surface area contributed by atoms with E-state index in [1.54, 1.807) is 24.1 Å². The van der Waals surface area contributed by atoms with Gasteiger partial charge in [-0.1, -0.05) is 19.9 Å². The number of aromatic carboxylic acids is 1. The lowest BCUT2D eigenvalue weighted by Crippen LogP contribution is -2.28. The molecular weight excluding hydrogens is 412 g/mol. The highest BCUT2D eigenvalue weighted by Crippen LogP contribution is 2.36. The van der Waals surface area contributed by atoms with Gasteiger partial charge in [0.25, 0.3) is 5.91 Å². The Bertz CT molecular complexity index is 1090. The van der Waals surface area contributed by atoms with Crippen molar-refractivity contribution in [3.63, 3.8) is 0 Å². The number of carbonyl (C=O) groups excluding carboxylic acids is 1. The second kappa shape index (κ2) is 9.39. The van der Waals surface area contributed by atoms with Crippen molar-refractivity contribution in [2.24, 2.45) is 4.99 Å². The summed E-state index contributed by atoms with van der Waals surface area (Å²) in [5.41, 5.74) is 3.72. The van der Waals surface area contributed by atoms with Crippen molar-refractivity contribution in [3.05, 3.63) is 63.6 Å². The van der Waals surface area contributed by atoms with Crippen LogP contribution < -0.4 is 4.74 Å². The Morgan fingerprint density at radius 2 is 2.03 bits per heavy atom. The van der Waals surface area contributed by atoms with E-state index in [0.717, 1.165) is 22.4 Å². The molecule has 2 aromatic carbocycles. The van der Waals surface area contributed by atoms with Gasteiger partial charge in [0, 0.05) is 6.54 Å². The van der Waals surface area contributed by atoms with Crippen LogP contribution in [0.25, 0.3) is 6.08 Å². The first-order valence-corrected chi connectivity index (χ1v) is 10.9. The zero-order valence-corrected chi connectivity index (χ0v) is 19.1. The van der Waals surface area contributed by atoms with Gasteiger partial charge in [-0.2, -0.15) is 0 Å². The smallest absolute Gasteiger partial charge is 0.335 e. The monoisotopic (exact) mass is 438 g/mol. The molecule has 0 radical (unpaired) electrons. The van der Waals surface area contributed by atoms with Crippen molar-refractivity contribution >= 4 is 40.6 Å². The van der Waals surface area contributed by atoms with E-state index in [1.165, 1.54) is 23.9 Å². The number of methoxy groups -OCH3 is 1. The number of ether oxygens (including phenoxy) is 1. The van der Waals surface area contributed by atoms with Crippen molar-refractivity contribution in [2.45, 2.75) is 33.6 Å². The summed E-state index contributed by atoms with van der Waals surface area (Å²) >= 11 is 1.30. The molecule has 0 aromatic heterocycles. The molecule has 0 spiro atoms. The summed E-state index contributed by atoms with van der Waals surface area (Å²) in [5.74, 6) is 0.00392. The second-order valence-corrected chi connectivity index (χ2v) is 8.52. The van der Waals surface area contributed by atoms with Crippen LogP contribution >= 0.6 is 11.8 Å². The van der Waals surface area contributed by atoms with Crippen molar-refractivity contribution in [2.75, 3.05) is 13.7 Å². The molecule has 1 aliphatic heterocycles. The summed E-state index contributed by atoms with van der Waals surface area (Å²) in [4.78, 5) is 31.0. The lowest BCUT2D eigenvalue weighted by molar-refractivity contribution is -0.122. The third kappa shape index (κ3) is 4.82. The van der Waals surface area contributed by atoms with E-state index < -0.39 is 5.97 Å². The number of hydrogen-bond acceptors (Lipinski definition) is 5. The Morgan fingerprint density at radius 1 is 1.29 bits per heavy atom. The van der Waals surface area contributed by atoms with Gasteiger partial charge in [0.2, 0.25) is 0 Å². The van der Waals surface area contributed by atoms with Gasteiger partial charge in [0.05, 0.1) is 23.3 Å². The minimum absolute atomic E-state index is 0.109. The Balaban J connectivity index is 2.00. The van der Waals surface area contributed by atoms with E-state index in [9.17, 15) is 14.7 Å². The average Bonchev–Trinajstić information content (AvgIpc) is 3.02. The third-order valence-electron chi connectivity index (χ3n) is 5.05. The van der Waals surface area contributed by atoms with Gasteiger partial charge in [-0.15, -0.1) is 0 Å². The van der Waals surface area contributed by atoms with Crippen LogP contribution in [0.15, 0.2) is 46.3 Å². The lowest BCUT2D eigenvalue weighted by Gasteiger charge is -2.15. The summed E-state index contributed by atoms with van der Waals surface area (Å²) in [6.45, 7) is 8.56. The van der Waals surface area contributed by atoms with Crippen molar-refractivity contribution < 1.29 is 19.4 Å². The molecule has 6 nitrogen and oxygen atoms in total. The van der Waals surface area contributed by atoms with Crippen LogP contribution in [0.2, 0.25) is 0 Å². The fraction of sp³-hybridized carbons (Fsp3) is 0.292. The molecular formula is C24H26N2O4S. The number of carbonyl (C=O) groups is 2. The molecule has 0 aliphatic carbocycles. The molecule has 31 heavy (non-hydrogen) atoms. The second-order valence-electron chi connectivity index (χ2n) is 7.52. The first-order chi connectivity index (χ1) is 14.7. The van der Waals surface area contributed by atoms with Crippen molar-refractivity contribution in [3.8, 4) is 5.75 Å². The topological polar surface area (TPSA) is 79.2 Å². The molecule has 3 rings (SSSR count). The van der Waals surface area contributed by atoms with Crippen molar-refractivity contribution in [1.29, 1.82) is 0 Å². The molecule has 1 saturated heterocycles. The van der Waals surface area contributed by atoms with E-state index in [2.05, 4.69) is 24.9 Å². The van der Waals surface area contributed by atoms with Gasteiger partial charge in [0.1, 0.15) is 5.75 Å². The van der Waals surface area contributed by atoms with Crippen LogP contribution in [0.3, 0.4) is 0 Å². The Kier molecular flexibility index (Phi) is 6.85. The number of amidine groups is 1. The van der Waals surface area contributed by atoms with Gasteiger partial charge >= 0.3 is 5.97 Å². The molecule has 2 aromatic rings. The minimum atomic E-state index is -1.01. The number of carboxylic acids is 1. The fourth-order valence-corrected chi connectivity index (χ4v) is 4.38. The molecule has 1 heterocycles. The van der Waals surface area contributed by atoms with Crippen LogP contribution in [0, 0.1) is 6.92 Å². The number of likely N-dealkylation sites (N-methyl/N-ethyl adjacent to an activating group) is 1. The number of nitrogens with zero attached hydrogens (tertiary/aromatic N) is 2. The Morgan fingerprint density at radius 3 is 2.65 bits per heavy atom. The number of rotatable bonds is 6. The highest BCUT2D eigenvalue weighted by Gasteiger charge is 2.32. The predicted octanol–water partition coefficient (Wildman–Crippen LogP) is 5.45. The SMILES string of the molecule is CCN1C(=O)/C(=C/c2cc(C(C)C)c(OC)cc2C)SC1=Nc1cccc(C(=O)O)c1. The summed E-state index contributed by atoms with van der Waals surface area (Å²) in [5, 5.41) is 9.74.